The SMILES string of the molecule is CC.CC.CC(=O)c1ccccc1C.O=C(O)CCc1ccccc1. The minimum atomic E-state index is -0.742. The second-order valence-electron chi connectivity index (χ2n) is 4.75. The van der Waals surface area contributed by atoms with Crippen molar-refractivity contribution in [3.63, 3.8) is 0 Å². The van der Waals surface area contributed by atoms with Gasteiger partial charge in [0.1, 0.15) is 0 Å². The van der Waals surface area contributed by atoms with Crippen LogP contribution in [0.3, 0.4) is 0 Å². The zero-order valence-corrected chi connectivity index (χ0v) is 16.4. The molecule has 0 bridgehead atoms. The number of aliphatic carboxylic acids is 1. The van der Waals surface area contributed by atoms with Crippen molar-refractivity contribution in [1.82, 2.24) is 0 Å². The predicted molar refractivity (Wildman–Crippen MR) is 106 cm³/mol. The van der Waals surface area contributed by atoms with Gasteiger partial charge < -0.3 is 5.11 Å². The Morgan fingerprint density at radius 1 is 0.840 bits per heavy atom. The predicted octanol–water partition coefficient (Wildman–Crippen LogP) is 5.95. The summed E-state index contributed by atoms with van der Waals surface area (Å²) in [5.74, 6) is -0.605. The number of ketones is 1. The molecule has 1 N–H and O–H groups in total. The van der Waals surface area contributed by atoms with Crippen LogP contribution in [0.4, 0.5) is 0 Å². The summed E-state index contributed by atoms with van der Waals surface area (Å²) < 4.78 is 0. The van der Waals surface area contributed by atoms with E-state index in [0.717, 1.165) is 16.7 Å². The van der Waals surface area contributed by atoms with Crippen molar-refractivity contribution < 1.29 is 14.7 Å². The molecule has 0 amide bonds. The van der Waals surface area contributed by atoms with Crippen LogP contribution < -0.4 is 0 Å². The van der Waals surface area contributed by atoms with Crippen LogP contribution in [0.5, 0.6) is 0 Å². The lowest BCUT2D eigenvalue weighted by Gasteiger charge is -1.97. The van der Waals surface area contributed by atoms with Crippen molar-refractivity contribution in [2.24, 2.45) is 0 Å². The molecule has 2 rings (SSSR count). The number of hydrogen-bond acceptors (Lipinski definition) is 2. The molecule has 0 heterocycles. The second kappa shape index (κ2) is 16.4. The number of benzene rings is 2. The average Bonchev–Trinajstić information content (AvgIpc) is 2.65. The lowest BCUT2D eigenvalue weighted by atomic mass is 10.1. The minimum absolute atomic E-state index is 0.137. The summed E-state index contributed by atoms with van der Waals surface area (Å²) >= 11 is 0. The summed E-state index contributed by atoms with van der Waals surface area (Å²) in [7, 11) is 0. The number of rotatable bonds is 4. The number of carbonyl (C=O) groups excluding carboxylic acids is 1. The fraction of sp³-hybridized carbons (Fsp3) is 0.364. The first kappa shape index (κ1) is 24.8. The third-order valence-corrected chi connectivity index (χ3v) is 2.99. The standard InChI is InChI=1S/C9H10O2.C9H10O.2C2H6/c10-9(11)7-6-8-4-2-1-3-5-8;1-7-5-3-4-6-9(7)8(2)10;2*1-2/h1-5H,6-7H2,(H,10,11);3-6H,1-2H3;2*1-2H3. The van der Waals surface area contributed by atoms with Crippen LogP contribution >= 0.6 is 0 Å². The van der Waals surface area contributed by atoms with Gasteiger partial charge in [-0.2, -0.15) is 0 Å². The molecule has 0 spiro atoms. The highest BCUT2D eigenvalue weighted by molar-refractivity contribution is 5.95. The first-order chi connectivity index (χ1) is 12.0. The molecule has 138 valence electrons. The Bertz CT molecular complexity index is 589. The summed E-state index contributed by atoms with van der Waals surface area (Å²) in [6, 6.07) is 17.2. The fourth-order valence-electron chi connectivity index (χ4n) is 1.86. The number of aryl methyl sites for hydroxylation is 2. The van der Waals surface area contributed by atoms with Gasteiger partial charge >= 0.3 is 5.97 Å². The van der Waals surface area contributed by atoms with Gasteiger partial charge in [0, 0.05) is 12.0 Å². The Kier molecular flexibility index (Phi) is 16.3. The van der Waals surface area contributed by atoms with E-state index in [1.54, 1.807) is 6.92 Å². The topological polar surface area (TPSA) is 54.4 Å². The Hall–Kier alpha value is -2.42. The number of hydrogen-bond donors (Lipinski definition) is 1. The zero-order chi connectivity index (χ0) is 19.7. The number of carbonyl (C=O) groups is 2. The molecule has 0 aliphatic heterocycles. The van der Waals surface area contributed by atoms with E-state index in [4.69, 9.17) is 5.11 Å². The molecule has 0 aliphatic rings. The van der Waals surface area contributed by atoms with E-state index >= 15 is 0 Å². The molecule has 2 aromatic rings. The Balaban J connectivity index is 0. The van der Waals surface area contributed by atoms with E-state index < -0.39 is 5.97 Å². The highest BCUT2D eigenvalue weighted by Gasteiger charge is 1.99. The Morgan fingerprint density at radius 3 is 1.72 bits per heavy atom. The van der Waals surface area contributed by atoms with Gasteiger partial charge in [-0.3, -0.25) is 9.59 Å². The molecule has 0 radical (unpaired) electrons. The van der Waals surface area contributed by atoms with E-state index in [1.165, 1.54) is 0 Å². The van der Waals surface area contributed by atoms with Crippen molar-refractivity contribution in [3.05, 3.63) is 71.3 Å². The van der Waals surface area contributed by atoms with E-state index in [-0.39, 0.29) is 12.2 Å². The maximum Gasteiger partial charge on any atom is 0.303 e. The van der Waals surface area contributed by atoms with Gasteiger partial charge in [-0.25, -0.2) is 0 Å². The highest BCUT2D eigenvalue weighted by atomic mass is 16.4. The van der Waals surface area contributed by atoms with E-state index in [9.17, 15) is 9.59 Å². The maximum absolute atomic E-state index is 10.9. The third kappa shape index (κ3) is 12.6. The van der Waals surface area contributed by atoms with Crippen LogP contribution in [-0.4, -0.2) is 16.9 Å². The lowest BCUT2D eigenvalue weighted by Crippen LogP contribution is -1.96. The maximum atomic E-state index is 10.9. The summed E-state index contributed by atoms with van der Waals surface area (Å²) in [6.07, 6.45) is 0.834. The van der Waals surface area contributed by atoms with Crippen molar-refractivity contribution in [3.8, 4) is 0 Å². The summed E-state index contributed by atoms with van der Waals surface area (Å²) in [4.78, 5) is 21.0. The first-order valence-corrected chi connectivity index (χ1v) is 8.83. The molecule has 0 aromatic heterocycles. The third-order valence-electron chi connectivity index (χ3n) is 2.99. The van der Waals surface area contributed by atoms with Crippen LogP contribution in [-0.2, 0) is 11.2 Å². The van der Waals surface area contributed by atoms with Crippen molar-refractivity contribution in [2.45, 2.75) is 54.4 Å². The molecule has 0 saturated heterocycles. The largest absolute Gasteiger partial charge is 0.481 e. The summed E-state index contributed by atoms with van der Waals surface area (Å²) in [5, 5.41) is 8.37. The van der Waals surface area contributed by atoms with Crippen molar-refractivity contribution in [1.29, 1.82) is 0 Å². The average molecular weight is 344 g/mol. The van der Waals surface area contributed by atoms with Crippen LogP contribution in [0.15, 0.2) is 54.6 Å². The normalized spacial score (nSPS) is 8.40. The smallest absolute Gasteiger partial charge is 0.303 e. The van der Waals surface area contributed by atoms with Crippen LogP contribution in [0, 0.1) is 6.92 Å². The monoisotopic (exact) mass is 344 g/mol. The number of carboxylic acids is 1. The molecule has 0 fully saturated rings. The van der Waals surface area contributed by atoms with Crippen LogP contribution in [0.25, 0.3) is 0 Å². The number of carboxylic acid groups (broad SMARTS) is 1. The van der Waals surface area contributed by atoms with E-state index in [2.05, 4.69) is 0 Å². The molecule has 3 heteroatoms. The van der Waals surface area contributed by atoms with Gasteiger partial charge in [-0.1, -0.05) is 82.3 Å². The molecule has 0 atom stereocenters. The summed E-state index contributed by atoms with van der Waals surface area (Å²) in [6.45, 7) is 11.5. The molecule has 0 unspecified atom stereocenters. The zero-order valence-electron chi connectivity index (χ0n) is 16.4. The van der Waals surface area contributed by atoms with Crippen LogP contribution in [0.2, 0.25) is 0 Å². The van der Waals surface area contributed by atoms with Crippen molar-refractivity contribution >= 4 is 11.8 Å². The molecular formula is C22H32O3. The highest BCUT2D eigenvalue weighted by Crippen LogP contribution is 2.06. The van der Waals surface area contributed by atoms with Crippen molar-refractivity contribution in [2.75, 3.05) is 0 Å². The number of Topliss-reactive ketones (excluding diaryl/α,β-unsaturated/α-hetero) is 1. The van der Waals surface area contributed by atoms with E-state index in [0.29, 0.717) is 6.42 Å². The van der Waals surface area contributed by atoms with Crippen LogP contribution in [0.1, 0.15) is 62.5 Å². The first-order valence-electron chi connectivity index (χ1n) is 8.83. The molecule has 25 heavy (non-hydrogen) atoms. The van der Waals surface area contributed by atoms with E-state index in [1.807, 2.05) is 89.2 Å². The quantitative estimate of drug-likeness (QED) is 0.697. The van der Waals surface area contributed by atoms with Gasteiger partial charge in [0.15, 0.2) is 5.78 Å². The summed E-state index contributed by atoms with van der Waals surface area (Å²) in [5.41, 5.74) is 2.95. The minimum Gasteiger partial charge on any atom is -0.481 e. The lowest BCUT2D eigenvalue weighted by molar-refractivity contribution is -0.136. The molecule has 0 saturated carbocycles. The van der Waals surface area contributed by atoms with Gasteiger partial charge in [-0.15, -0.1) is 0 Å². The molecule has 0 aliphatic carbocycles. The molecule has 2 aromatic carbocycles. The van der Waals surface area contributed by atoms with Gasteiger partial charge in [0.25, 0.3) is 0 Å². The molecule has 3 nitrogen and oxygen atoms in total. The van der Waals surface area contributed by atoms with Gasteiger partial charge in [0.05, 0.1) is 0 Å². The second-order valence-corrected chi connectivity index (χ2v) is 4.75. The fourth-order valence-corrected chi connectivity index (χ4v) is 1.86. The van der Waals surface area contributed by atoms with Gasteiger partial charge in [0.2, 0.25) is 0 Å². The van der Waals surface area contributed by atoms with Gasteiger partial charge in [-0.05, 0) is 31.4 Å². The Morgan fingerprint density at radius 2 is 1.32 bits per heavy atom. The Labute approximate surface area is 152 Å². The molecular weight excluding hydrogens is 312 g/mol.